The monoisotopic (exact) mass is 480 g/mol. The number of nitrogens with zero attached hydrogens (tertiary/aromatic N) is 6. The number of furan rings is 1. The highest BCUT2D eigenvalue weighted by Crippen LogP contribution is 2.33. The molecular weight excluding hydrogens is 460 g/mol. The minimum atomic E-state index is -0.585. The molecule has 3 aromatic heterocycles. The maximum atomic E-state index is 13.5. The van der Waals surface area contributed by atoms with E-state index >= 15 is 0 Å². The summed E-state index contributed by atoms with van der Waals surface area (Å²) < 4.78 is 9.07. The summed E-state index contributed by atoms with van der Waals surface area (Å²) in [5.41, 5.74) is 1.84. The smallest absolute Gasteiger partial charge is 0.332 e. The van der Waals surface area contributed by atoms with Crippen LogP contribution in [-0.4, -0.2) is 35.3 Å². The molecule has 34 heavy (non-hydrogen) atoms. The molecule has 0 bridgehead atoms. The van der Waals surface area contributed by atoms with Gasteiger partial charge >= 0.3 is 5.69 Å². The van der Waals surface area contributed by atoms with Crippen LogP contribution in [0.5, 0.6) is 0 Å². The lowest BCUT2D eigenvalue weighted by Crippen LogP contribution is -2.38. The maximum absolute atomic E-state index is 13.5. The summed E-state index contributed by atoms with van der Waals surface area (Å²) in [7, 11) is 2.86. The number of aryl methyl sites for hydroxylation is 2. The molecule has 0 N–H and O–H groups in total. The van der Waals surface area contributed by atoms with Gasteiger partial charge in [-0.25, -0.2) is 9.80 Å². The minimum absolute atomic E-state index is 0.0689. The summed E-state index contributed by atoms with van der Waals surface area (Å²) in [6.07, 6.45) is 2.02. The molecule has 1 aliphatic rings. The van der Waals surface area contributed by atoms with E-state index in [1.165, 1.54) is 28.2 Å². The zero-order valence-electron chi connectivity index (χ0n) is 18.7. The molecule has 0 aliphatic carbocycles. The zero-order chi connectivity index (χ0) is 24.1. The van der Waals surface area contributed by atoms with Crippen LogP contribution >= 0.6 is 11.6 Å². The SMILES string of the molecule is Cc1ccc(C2=NN(C(=O)Cn3c(Cl)nc4c3c(=O)n(C)c(=O)n4C)[C@@H](c3ccco3)C2)cc1. The van der Waals surface area contributed by atoms with E-state index in [0.29, 0.717) is 12.2 Å². The summed E-state index contributed by atoms with van der Waals surface area (Å²) >= 11 is 6.31. The fourth-order valence-corrected chi connectivity index (χ4v) is 4.36. The van der Waals surface area contributed by atoms with Gasteiger partial charge in [0.2, 0.25) is 5.28 Å². The highest BCUT2D eigenvalue weighted by Gasteiger charge is 2.35. The van der Waals surface area contributed by atoms with E-state index in [1.807, 2.05) is 31.2 Å². The van der Waals surface area contributed by atoms with E-state index in [1.54, 1.807) is 18.4 Å². The predicted molar refractivity (Wildman–Crippen MR) is 126 cm³/mol. The van der Waals surface area contributed by atoms with Crippen molar-refractivity contribution in [1.82, 2.24) is 23.7 Å². The lowest BCUT2D eigenvalue weighted by atomic mass is 10.0. The lowest BCUT2D eigenvalue weighted by Gasteiger charge is -2.20. The van der Waals surface area contributed by atoms with Crippen LogP contribution in [0, 0.1) is 6.92 Å². The van der Waals surface area contributed by atoms with E-state index in [4.69, 9.17) is 16.0 Å². The molecule has 0 radical (unpaired) electrons. The number of imidazole rings is 1. The number of halogens is 1. The summed E-state index contributed by atoms with van der Waals surface area (Å²) in [4.78, 5) is 42.7. The van der Waals surface area contributed by atoms with Crippen LogP contribution in [0.15, 0.2) is 61.8 Å². The Bertz CT molecular complexity index is 1560. The van der Waals surface area contributed by atoms with Crippen LogP contribution < -0.4 is 11.2 Å². The summed E-state index contributed by atoms with van der Waals surface area (Å²) in [6.45, 7) is 1.71. The third kappa shape index (κ3) is 3.47. The van der Waals surface area contributed by atoms with Crippen molar-refractivity contribution in [2.75, 3.05) is 0 Å². The van der Waals surface area contributed by atoms with Crippen molar-refractivity contribution in [3.8, 4) is 0 Å². The average Bonchev–Trinajstić information content (AvgIpc) is 3.56. The van der Waals surface area contributed by atoms with Crippen molar-refractivity contribution in [1.29, 1.82) is 0 Å². The first-order valence-corrected chi connectivity index (χ1v) is 11.0. The Morgan fingerprint density at radius 1 is 1.15 bits per heavy atom. The maximum Gasteiger partial charge on any atom is 0.332 e. The summed E-state index contributed by atoms with van der Waals surface area (Å²) in [5, 5.41) is 5.90. The first-order chi connectivity index (χ1) is 16.3. The van der Waals surface area contributed by atoms with Gasteiger partial charge in [0.15, 0.2) is 11.2 Å². The standard InChI is InChI=1S/C23H21ClN6O4/c1-13-6-8-14(9-7-13)15-11-16(17-5-4-10-34-17)30(26-15)18(31)12-29-19-20(25-22(29)24)27(2)23(33)28(3)21(19)32/h4-10,16H,11-12H2,1-3H3/t16-/m1/s1. The second kappa shape index (κ2) is 8.14. The molecule has 0 fully saturated rings. The van der Waals surface area contributed by atoms with Crippen LogP contribution in [-0.2, 0) is 25.4 Å². The van der Waals surface area contributed by atoms with E-state index in [0.717, 1.165) is 21.4 Å². The van der Waals surface area contributed by atoms with Crippen molar-refractivity contribution >= 4 is 34.4 Å². The van der Waals surface area contributed by atoms with E-state index in [2.05, 4.69) is 10.1 Å². The van der Waals surface area contributed by atoms with Crippen LogP contribution in [0.3, 0.4) is 0 Å². The van der Waals surface area contributed by atoms with Gasteiger partial charge in [-0.15, -0.1) is 0 Å². The lowest BCUT2D eigenvalue weighted by molar-refractivity contribution is -0.133. The van der Waals surface area contributed by atoms with E-state index < -0.39 is 23.2 Å². The molecule has 4 aromatic rings. The number of hydrogen-bond acceptors (Lipinski definition) is 6. The van der Waals surface area contributed by atoms with Crippen LogP contribution in [0.2, 0.25) is 5.28 Å². The van der Waals surface area contributed by atoms with Gasteiger partial charge in [-0.05, 0) is 36.2 Å². The zero-order valence-corrected chi connectivity index (χ0v) is 19.5. The minimum Gasteiger partial charge on any atom is -0.467 e. The second-order valence-corrected chi connectivity index (χ2v) is 8.57. The van der Waals surface area contributed by atoms with Gasteiger partial charge in [0.05, 0.1) is 12.0 Å². The van der Waals surface area contributed by atoms with Gasteiger partial charge < -0.3 is 4.42 Å². The Morgan fingerprint density at radius 3 is 2.56 bits per heavy atom. The topological polar surface area (TPSA) is 108 Å². The largest absolute Gasteiger partial charge is 0.467 e. The van der Waals surface area contributed by atoms with Gasteiger partial charge in [-0.3, -0.25) is 23.3 Å². The number of hydrazone groups is 1. The number of aromatic nitrogens is 4. The highest BCUT2D eigenvalue weighted by atomic mass is 35.5. The Balaban J connectivity index is 1.56. The predicted octanol–water partition coefficient (Wildman–Crippen LogP) is 2.37. The average molecular weight is 481 g/mol. The van der Waals surface area contributed by atoms with Gasteiger partial charge in [-0.2, -0.15) is 10.1 Å². The van der Waals surface area contributed by atoms with Crippen molar-refractivity contribution in [3.05, 3.63) is 85.7 Å². The molecule has 1 amide bonds. The Labute approximate surface area is 198 Å². The van der Waals surface area contributed by atoms with Gasteiger partial charge in [0, 0.05) is 20.5 Å². The van der Waals surface area contributed by atoms with Crippen molar-refractivity contribution in [2.45, 2.75) is 25.9 Å². The molecule has 174 valence electrons. The third-order valence-electron chi connectivity index (χ3n) is 6.02. The fraction of sp³-hybridized carbons (Fsp3) is 0.261. The molecule has 1 aliphatic heterocycles. The van der Waals surface area contributed by atoms with Crippen molar-refractivity contribution in [3.63, 3.8) is 0 Å². The van der Waals surface area contributed by atoms with Crippen molar-refractivity contribution in [2.24, 2.45) is 19.2 Å². The summed E-state index contributed by atoms with van der Waals surface area (Å²) in [6, 6.07) is 11.0. The molecule has 0 unspecified atom stereocenters. The van der Waals surface area contributed by atoms with Gasteiger partial charge in [0.1, 0.15) is 18.3 Å². The fourth-order valence-electron chi connectivity index (χ4n) is 4.14. The normalized spacial score (nSPS) is 15.8. The molecular formula is C23H21ClN6O4. The van der Waals surface area contributed by atoms with Crippen LogP contribution in [0.1, 0.15) is 29.3 Å². The molecule has 0 saturated heterocycles. The number of fused-ring (bicyclic) bond motifs is 1. The van der Waals surface area contributed by atoms with Crippen molar-refractivity contribution < 1.29 is 9.21 Å². The van der Waals surface area contributed by atoms with Gasteiger partial charge in [0.25, 0.3) is 11.5 Å². The third-order valence-corrected chi connectivity index (χ3v) is 6.31. The second-order valence-electron chi connectivity index (χ2n) is 8.23. The quantitative estimate of drug-likeness (QED) is 0.417. The molecule has 10 nitrogen and oxygen atoms in total. The number of benzene rings is 1. The highest BCUT2D eigenvalue weighted by molar-refractivity contribution is 6.29. The first kappa shape index (κ1) is 21.9. The summed E-state index contributed by atoms with van der Waals surface area (Å²) in [5.74, 6) is 0.194. The van der Waals surface area contributed by atoms with Gasteiger partial charge in [-0.1, -0.05) is 29.8 Å². The number of carbonyl (C=O) groups is 1. The molecule has 0 spiro atoms. The van der Waals surface area contributed by atoms with E-state index in [9.17, 15) is 14.4 Å². The van der Waals surface area contributed by atoms with E-state index in [-0.39, 0.29) is 23.0 Å². The molecule has 0 saturated carbocycles. The number of carbonyl (C=O) groups excluding carboxylic acids is 1. The number of hydrogen-bond donors (Lipinski definition) is 0. The molecule has 1 atom stereocenters. The Hall–Kier alpha value is -3.92. The molecule has 5 rings (SSSR count). The number of rotatable bonds is 4. The number of amides is 1. The first-order valence-electron chi connectivity index (χ1n) is 10.6. The van der Waals surface area contributed by atoms with Crippen LogP contribution in [0.4, 0.5) is 0 Å². The van der Waals surface area contributed by atoms with Crippen LogP contribution in [0.25, 0.3) is 11.2 Å². The Kier molecular flexibility index (Phi) is 5.24. The molecule has 4 heterocycles. The molecule has 1 aromatic carbocycles. The Morgan fingerprint density at radius 2 is 1.88 bits per heavy atom. The molecule has 11 heteroatoms.